The third-order valence-corrected chi connectivity index (χ3v) is 4.62. The Hall–Kier alpha value is -1.49. The van der Waals surface area contributed by atoms with Crippen molar-refractivity contribution in [2.24, 2.45) is 17.6 Å². The Balaban J connectivity index is 1.80. The van der Waals surface area contributed by atoms with Crippen LogP contribution in [0, 0.1) is 23.5 Å². The number of nitrogens with two attached hydrogens (primary N) is 1. The Labute approximate surface area is 116 Å². The van der Waals surface area contributed by atoms with Crippen molar-refractivity contribution in [3.05, 3.63) is 35.4 Å². The molecule has 1 aliphatic carbocycles. The van der Waals surface area contributed by atoms with Crippen LogP contribution in [-0.2, 0) is 0 Å². The molecule has 2 aliphatic rings. The summed E-state index contributed by atoms with van der Waals surface area (Å²) in [6.07, 6.45) is 3.13. The van der Waals surface area contributed by atoms with Crippen molar-refractivity contribution in [1.29, 1.82) is 0 Å². The molecule has 0 spiro atoms. The van der Waals surface area contributed by atoms with E-state index < -0.39 is 17.5 Å². The molecule has 0 aromatic heterocycles. The van der Waals surface area contributed by atoms with Gasteiger partial charge in [-0.25, -0.2) is 8.78 Å². The molecule has 1 aromatic carbocycles. The van der Waals surface area contributed by atoms with Gasteiger partial charge in [0.25, 0.3) is 5.91 Å². The van der Waals surface area contributed by atoms with Crippen LogP contribution < -0.4 is 5.73 Å². The summed E-state index contributed by atoms with van der Waals surface area (Å²) in [5.41, 5.74) is 5.92. The molecule has 0 bridgehead atoms. The summed E-state index contributed by atoms with van der Waals surface area (Å²) in [6.45, 7) is 1.16. The van der Waals surface area contributed by atoms with E-state index in [1.54, 1.807) is 4.90 Å². The number of rotatable bonds is 1. The molecular formula is C15H18F2N2O. The molecule has 108 valence electrons. The van der Waals surface area contributed by atoms with E-state index in [9.17, 15) is 13.6 Å². The van der Waals surface area contributed by atoms with Gasteiger partial charge in [-0.05, 0) is 36.8 Å². The van der Waals surface area contributed by atoms with Crippen molar-refractivity contribution in [3.63, 3.8) is 0 Å². The molecule has 1 aliphatic heterocycles. The lowest BCUT2D eigenvalue weighted by Crippen LogP contribution is -2.38. The van der Waals surface area contributed by atoms with Gasteiger partial charge in [-0.3, -0.25) is 4.79 Å². The highest BCUT2D eigenvalue weighted by molar-refractivity contribution is 5.94. The Morgan fingerprint density at radius 3 is 2.80 bits per heavy atom. The van der Waals surface area contributed by atoms with Crippen molar-refractivity contribution in [1.82, 2.24) is 4.90 Å². The first-order valence-electron chi connectivity index (χ1n) is 7.07. The number of hydrogen-bond donors (Lipinski definition) is 1. The molecule has 1 amide bonds. The van der Waals surface area contributed by atoms with Crippen molar-refractivity contribution in [2.75, 3.05) is 13.1 Å². The van der Waals surface area contributed by atoms with Gasteiger partial charge in [0.2, 0.25) is 0 Å². The SMILES string of the molecule is NC1CCCC2CN(C(=O)c3cccc(F)c3F)CC12. The van der Waals surface area contributed by atoms with Crippen LogP contribution in [0.3, 0.4) is 0 Å². The van der Waals surface area contributed by atoms with E-state index in [2.05, 4.69) is 0 Å². The first kappa shape index (κ1) is 13.5. The van der Waals surface area contributed by atoms with Crippen LogP contribution in [0.5, 0.6) is 0 Å². The lowest BCUT2D eigenvalue weighted by Gasteiger charge is -2.29. The second-order valence-electron chi connectivity index (χ2n) is 5.83. The van der Waals surface area contributed by atoms with Crippen LogP contribution in [0.2, 0.25) is 0 Å². The molecule has 5 heteroatoms. The van der Waals surface area contributed by atoms with Gasteiger partial charge in [0.1, 0.15) is 0 Å². The average molecular weight is 280 g/mol. The van der Waals surface area contributed by atoms with Crippen LogP contribution in [0.4, 0.5) is 8.78 Å². The quantitative estimate of drug-likeness (QED) is 0.857. The first-order valence-corrected chi connectivity index (χ1v) is 7.07. The Kier molecular flexibility index (Phi) is 3.46. The summed E-state index contributed by atoms with van der Waals surface area (Å²) in [7, 11) is 0. The fourth-order valence-electron chi connectivity index (χ4n) is 3.52. The third kappa shape index (κ3) is 2.20. The normalized spacial score (nSPS) is 29.4. The molecule has 2 N–H and O–H groups in total. The second kappa shape index (κ2) is 5.13. The minimum absolute atomic E-state index is 0.115. The molecule has 1 saturated heterocycles. The maximum atomic E-state index is 13.7. The van der Waals surface area contributed by atoms with Crippen LogP contribution >= 0.6 is 0 Å². The Morgan fingerprint density at radius 1 is 1.25 bits per heavy atom. The van der Waals surface area contributed by atoms with Crippen LogP contribution in [0.15, 0.2) is 18.2 Å². The number of hydrogen-bond acceptors (Lipinski definition) is 2. The van der Waals surface area contributed by atoms with Gasteiger partial charge in [-0.2, -0.15) is 0 Å². The number of halogens is 2. The van der Waals surface area contributed by atoms with Gasteiger partial charge < -0.3 is 10.6 Å². The molecular weight excluding hydrogens is 262 g/mol. The maximum Gasteiger partial charge on any atom is 0.256 e. The van der Waals surface area contributed by atoms with Crippen molar-refractivity contribution in [3.8, 4) is 0 Å². The predicted octanol–water partition coefficient (Wildman–Crippen LogP) is 2.16. The number of carbonyl (C=O) groups excluding carboxylic acids is 1. The van der Waals surface area contributed by atoms with E-state index in [1.165, 1.54) is 12.1 Å². The van der Waals surface area contributed by atoms with Crippen LogP contribution in [0.25, 0.3) is 0 Å². The number of likely N-dealkylation sites (tertiary alicyclic amines) is 1. The molecule has 3 unspecified atom stereocenters. The maximum absolute atomic E-state index is 13.7. The minimum atomic E-state index is -1.06. The van der Waals surface area contributed by atoms with E-state index in [1.807, 2.05) is 0 Å². The number of nitrogens with zero attached hydrogens (tertiary/aromatic N) is 1. The number of fused-ring (bicyclic) bond motifs is 1. The third-order valence-electron chi connectivity index (χ3n) is 4.62. The number of benzene rings is 1. The molecule has 20 heavy (non-hydrogen) atoms. The molecule has 0 radical (unpaired) electrons. The highest BCUT2D eigenvalue weighted by atomic mass is 19.2. The van der Waals surface area contributed by atoms with Crippen molar-refractivity contribution in [2.45, 2.75) is 25.3 Å². The average Bonchev–Trinajstić information content (AvgIpc) is 2.87. The summed E-state index contributed by atoms with van der Waals surface area (Å²) < 4.78 is 26.9. The summed E-state index contributed by atoms with van der Waals surface area (Å²) in [6, 6.07) is 3.83. The van der Waals surface area contributed by atoms with Gasteiger partial charge in [0.15, 0.2) is 11.6 Å². The van der Waals surface area contributed by atoms with E-state index in [0.717, 1.165) is 25.3 Å². The Bertz CT molecular complexity index is 535. The summed E-state index contributed by atoms with van der Waals surface area (Å²) in [4.78, 5) is 14.0. The predicted molar refractivity (Wildman–Crippen MR) is 71.1 cm³/mol. The molecule has 3 rings (SSSR count). The van der Waals surface area contributed by atoms with Gasteiger partial charge in [-0.1, -0.05) is 12.5 Å². The standard InChI is InChI=1S/C15H18F2N2O/c16-12-5-2-4-10(14(12)17)15(20)19-7-9-3-1-6-13(18)11(9)8-19/h2,4-5,9,11,13H,1,3,6-8,18H2. The van der Waals surface area contributed by atoms with Crippen LogP contribution in [-0.4, -0.2) is 29.9 Å². The smallest absolute Gasteiger partial charge is 0.256 e. The fourth-order valence-corrected chi connectivity index (χ4v) is 3.52. The number of amides is 1. The first-order chi connectivity index (χ1) is 9.58. The largest absolute Gasteiger partial charge is 0.338 e. The highest BCUT2D eigenvalue weighted by Crippen LogP contribution is 2.36. The lowest BCUT2D eigenvalue weighted by molar-refractivity contribution is 0.0777. The summed E-state index contributed by atoms with van der Waals surface area (Å²) in [5, 5.41) is 0. The van der Waals surface area contributed by atoms with E-state index in [-0.39, 0.29) is 11.6 Å². The summed E-state index contributed by atoms with van der Waals surface area (Å²) >= 11 is 0. The zero-order chi connectivity index (χ0) is 14.3. The van der Waals surface area contributed by atoms with Gasteiger partial charge in [0.05, 0.1) is 5.56 Å². The fraction of sp³-hybridized carbons (Fsp3) is 0.533. The second-order valence-corrected chi connectivity index (χ2v) is 5.83. The van der Waals surface area contributed by atoms with Gasteiger partial charge in [0, 0.05) is 19.1 Å². The number of carbonyl (C=O) groups is 1. The van der Waals surface area contributed by atoms with E-state index in [4.69, 9.17) is 5.73 Å². The van der Waals surface area contributed by atoms with E-state index in [0.29, 0.717) is 24.9 Å². The minimum Gasteiger partial charge on any atom is -0.338 e. The monoisotopic (exact) mass is 280 g/mol. The van der Waals surface area contributed by atoms with Crippen LogP contribution in [0.1, 0.15) is 29.6 Å². The van der Waals surface area contributed by atoms with Crippen molar-refractivity contribution >= 4 is 5.91 Å². The molecule has 3 atom stereocenters. The van der Waals surface area contributed by atoms with Crippen molar-refractivity contribution < 1.29 is 13.6 Å². The molecule has 1 heterocycles. The molecule has 3 nitrogen and oxygen atoms in total. The molecule has 1 saturated carbocycles. The molecule has 2 fully saturated rings. The van der Waals surface area contributed by atoms with Gasteiger partial charge in [-0.15, -0.1) is 0 Å². The van der Waals surface area contributed by atoms with Gasteiger partial charge >= 0.3 is 0 Å². The van der Waals surface area contributed by atoms with E-state index >= 15 is 0 Å². The zero-order valence-electron chi connectivity index (χ0n) is 11.2. The zero-order valence-corrected chi connectivity index (χ0v) is 11.2. The summed E-state index contributed by atoms with van der Waals surface area (Å²) in [5.74, 6) is -1.77. The molecule has 1 aromatic rings. The highest BCUT2D eigenvalue weighted by Gasteiger charge is 2.40. The topological polar surface area (TPSA) is 46.3 Å². The Morgan fingerprint density at radius 2 is 2.05 bits per heavy atom. The lowest BCUT2D eigenvalue weighted by atomic mass is 9.78.